The minimum absolute atomic E-state index is 0.366. The summed E-state index contributed by atoms with van der Waals surface area (Å²) in [4.78, 5) is 3.90. The standard InChI is InChI=1S/C80H54F6N2Si/c1-5-49-15-19-51(20-16-49)79(53-23-27-55(81)28-24-53)69-13-9-7-11-63(69)65-37-31-59(45-71(65)79)87(61-33-39-73(83)75(85)47-61)57-35-41-77-67(43-57)68-44-58(36-42-78(68)89(77,3)4)88(62-34-40-74(84)76(86)48-62)60-32-38-66-64-12-8-10-14-70(64)80(72(66)46-60,54-25-29-56(82)30-26-54)52-21-17-50(6-2)18-22-52/h5-48H,1-2H2,3-4H3. The molecule has 9 heteroatoms. The summed E-state index contributed by atoms with van der Waals surface area (Å²) in [6.07, 6.45) is 3.59. The van der Waals surface area contributed by atoms with Gasteiger partial charge in [-0.1, -0.05) is 184 Å². The van der Waals surface area contributed by atoms with Crippen molar-refractivity contribution in [2.45, 2.75) is 23.9 Å². The van der Waals surface area contributed by atoms with Crippen molar-refractivity contribution in [2.75, 3.05) is 9.80 Å². The summed E-state index contributed by atoms with van der Waals surface area (Å²) in [7, 11) is -2.48. The SMILES string of the molecule is C=Cc1ccc(C2(c3ccc(F)cc3)c3ccccc3-c3ccc(N(c4ccc(F)c(F)c4)c4ccc5c(c4)-c4cc(N(c6ccc(F)c(F)c6)c6ccc7c(c6)C(c6ccc(F)cc6)(c6ccc(C=C)cc6)c6ccccc6-7)ccc4[Si]5(C)C)cc32)cc1. The van der Waals surface area contributed by atoms with Crippen LogP contribution in [0.3, 0.4) is 0 Å². The highest BCUT2D eigenvalue weighted by Gasteiger charge is 2.49. The van der Waals surface area contributed by atoms with Crippen LogP contribution >= 0.6 is 0 Å². The van der Waals surface area contributed by atoms with Crippen LogP contribution < -0.4 is 20.2 Å². The number of benzene rings is 12. The first-order chi connectivity index (χ1) is 43.2. The van der Waals surface area contributed by atoms with Gasteiger partial charge >= 0.3 is 0 Å². The molecule has 0 N–H and O–H groups in total. The highest BCUT2D eigenvalue weighted by molar-refractivity contribution is 7.03. The molecule has 2 nitrogen and oxygen atoms in total. The molecular weight excluding hydrogens is 1130 g/mol. The van der Waals surface area contributed by atoms with E-state index in [1.165, 1.54) is 36.4 Å². The van der Waals surface area contributed by atoms with Gasteiger partial charge in [-0.3, -0.25) is 0 Å². The number of rotatable bonds is 12. The average molecular weight is 1190 g/mol. The molecule has 2 atom stereocenters. The zero-order valence-electron chi connectivity index (χ0n) is 48.5. The summed E-state index contributed by atoms with van der Waals surface area (Å²) in [6.45, 7) is 12.6. The number of hydrogen-bond acceptors (Lipinski definition) is 2. The number of fused-ring (bicyclic) bond motifs is 9. The molecule has 0 spiro atoms. The van der Waals surface area contributed by atoms with Crippen molar-refractivity contribution < 1.29 is 26.3 Å². The maximum Gasteiger partial charge on any atom is 0.160 e. The summed E-state index contributed by atoms with van der Waals surface area (Å²) < 4.78 is 92.1. The molecule has 430 valence electrons. The summed E-state index contributed by atoms with van der Waals surface area (Å²) in [6, 6.07) is 79.1. The Hall–Kier alpha value is -10.5. The normalized spacial score (nSPS) is 16.1. The average Bonchev–Trinajstić information content (AvgIpc) is 1.58. The smallest absolute Gasteiger partial charge is 0.160 e. The van der Waals surface area contributed by atoms with Crippen molar-refractivity contribution in [3.05, 3.63) is 358 Å². The molecule has 0 fully saturated rings. The van der Waals surface area contributed by atoms with E-state index in [1.54, 1.807) is 24.3 Å². The molecule has 0 aromatic heterocycles. The van der Waals surface area contributed by atoms with Crippen molar-refractivity contribution in [2.24, 2.45) is 0 Å². The van der Waals surface area contributed by atoms with Gasteiger partial charge in [-0.05, 0) is 196 Å². The Bertz CT molecular complexity index is 4580. The Morgan fingerprint density at radius 3 is 0.989 bits per heavy atom. The Balaban J connectivity index is 0.923. The van der Waals surface area contributed by atoms with Crippen molar-refractivity contribution in [3.8, 4) is 33.4 Å². The van der Waals surface area contributed by atoms with Gasteiger partial charge in [-0.25, -0.2) is 26.3 Å². The minimum atomic E-state index is -2.48. The fourth-order valence-electron chi connectivity index (χ4n) is 14.7. The van der Waals surface area contributed by atoms with E-state index in [0.717, 1.165) is 112 Å². The number of nitrogens with zero attached hydrogens (tertiary/aromatic N) is 2. The molecule has 0 saturated carbocycles. The fourth-order valence-corrected chi connectivity index (χ4v) is 17.7. The van der Waals surface area contributed by atoms with E-state index >= 15 is 26.3 Å². The first-order valence-corrected chi connectivity index (χ1v) is 32.5. The first kappa shape index (κ1) is 55.1. The minimum Gasteiger partial charge on any atom is -0.310 e. The molecule has 89 heavy (non-hydrogen) atoms. The zero-order chi connectivity index (χ0) is 61.1. The van der Waals surface area contributed by atoms with Crippen LogP contribution in [0.1, 0.15) is 55.6 Å². The lowest BCUT2D eigenvalue weighted by Crippen LogP contribution is -2.49. The second-order valence-electron chi connectivity index (χ2n) is 23.7. The molecule has 3 aliphatic rings. The Morgan fingerprint density at radius 2 is 0.618 bits per heavy atom. The summed E-state index contributed by atoms with van der Waals surface area (Å²) in [5, 5.41) is 2.31. The fraction of sp³-hybridized carbons (Fsp3) is 0.0500. The zero-order valence-corrected chi connectivity index (χ0v) is 49.5. The van der Waals surface area contributed by atoms with Crippen LogP contribution in [0.15, 0.2) is 268 Å². The van der Waals surface area contributed by atoms with E-state index in [0.29, 0.717) is 34.1 Å². The van der Waals surface area contributed by atoms with Gasteiger partial charge in [0, 0.05) is 46.3 Å². The number of anilines is 6. The molecule has 15 rings (SSSR count). The van der Waals surface area contributed by atoms with Gasteiger partial charge in [-0.15, -0.1) is 0 Å². The maximum atomic E-state index is 15.9. The van der Waals surface area contributed by atoms with Gasteiger partial charge in [0.25, 0.3) is 0 Å². The topological polar surface area (TPSA) is 6.48 Å². The molecule has 0 bridgehead atoms. The van der Waals surface area contributed by atoms with E-state index < -0.39 is 42.2 Å². The molecule has 1 aliphatic heterocycles. The lowest BCUT2D eigenvalue weighted by atomic mass is 9.67. The quantitative estimate of drug-likeness (QED) is 0.0889. The highest BCUT2D eigenvalue weighted by Crippen LogP contribution is 2.60. The largest absolute Gasteiger partial charge is 0.310 e. The molecule has 0 radical (unpaired) electrons. The van der Waals surface area contributed by atoms with Gasteiger partial charge in [-0.2, -0.15) is 0 Å². The van der Waals surface area contributed by atoms with Crippen molar-refractivity contribution >= 4 is 64.7 Å². The Morgan fingerprint density at radius 1 is 0.303 bits per heavy atom. The number of hydrogen-bond donors (Lipinski definition) is 0. The summed E-state index contributed by atoms with van der Waals surface area (Å²) >= 11 is 0. The van der Waals surface area contributed by atoms with Crippen LogP contribution in [0.2, 0.25) is 13.1 Å². The molecule has 0 amide bonds. The van der Waals surface area contributed by atoms with Crippen molar-refractivity contribution in [1.29, 1.82) is 0 Å². The van der Waals surface area contributed by atoms with Crippen molar-refractivity contribution in [3.63, 3.8) is 0 Å². The maximum absolute atomic E-state index is 15.9. The lowest BCUT2D eigenvalue weighted by molar-refractivity contribution is 0.509. The van der Waals surface area contributed by atoms with E-state index in [9.17, 15) is 0 Å². The predicted molar refractivity (Wildman–Crippen MR) is 353 cm³/mol. The van der Waals surface area contributed by atoms with Crippen LogP contribution in [0.4, 0.5) is 60.5 Å². The Kier molecular flexibility index (Phi) is 12.9. The van der Waals surface area contributed by atoms with Crippen LogP contribution in [0, 0.1) is 34.9 Å². The van der Waals surface area contributed by atoms with Crippen LogP contribution in [-0.2, 0) is 10.8 Å². The van der Waals surface area contributed by atoms with E-state index in [2.05, 4.69) is 123 Å². The first-order valence-electron chi connectivity index (χ1n) is 29.5. The second kappa shape index (κ2) is 20.9. The molecular formula is C80H54F6N2Si. The van der Waals surface area contributed by atoms with E-state index in [1.807, 2.05) is 107 Å². The molecule has 2 unspecified atom stereocenters. The Labute approximate surface area is 513 Å². The van der Waals surface area contributed by atoms with Crippen LogP contribution in [0.25, 0.3) is 45.5 Å². The van der Waals surface area contributed by atoms with E-state index in [-0.39, 0.29) is 11.6 Å². The van der Waals surface area contributed by atoms with Gasteiger partial charge < -0.3 is 9.80 Å². The molecule has 12 aromatic carbocycles. The lowest BCUT2D eigenvalue weighted by Gasteiger charge is -2.35. The van der Waals surface area contributed by atoms with E-state index in [4.69, 9.17) is 0 Å². The monoisotopic (exact) mass is 1180 g/mol. The third-order valence-corrected chi connectivity index (χ3v) is 22.3. The van der Waals surface area contributed by atoms with Gasteiger partial charge in [0.1, 0.15) is 19.7 Å². The third kappa shape index (κ3) is 8.39. The molecule has 12 aromatic rings. The summed E-state index contributed by atoms with van der Waals surface area (Å²) in [5.74, 6) is -4.72. The summed E-state index contributed by atoms with van der Waals surface area (Å²) in [5.41, 5.74) is 16.7. The predicted octanol–water partition coefficient (Wildman–Crippen LogP) is 20.3. The molecule has 2 aliphatic carbocycles. The van der Waals surface area contributed by atoms with Crippen LogP contribution in [0.5, 0.6) is 0 Å². The highest BCUT2D eigenvalue weighted by atomic mass is 28.3. The number of halogens is 6. The van der Waals surface area contributed by atoms with Gasteiger partial charge in [0.15, 0.2) is 23.3 Å². The molecule has 0 saturated heterocycles. The van der Waals surface area contributed by atoms with Gasteiger partial charge in [0.05, 0.1) is 10.8 Å². The molecule has 1 heterocycles. The van der Waals surface area contributed by atoms with Gasteiger partial charge in [0.2, 0.25) is 0 Å². The van der Waals surface area contributed by atoms with Crippen LogP contribution in [-0.4, -0.2) is 8.07 Å². The third-order valence-electron chi connectivity index (χ3n) is 18.8. The van der Waals surface area contributed by atoms with Crippen molar-refractivity contribution in [1.82, 2.24) is 0 Å². The second-order valence-corrected chi connectivity index (χ2v) is 28.0.